The number of hydrogen-bond acceptors (Lipinski definition) is 15. The third kappa shape index (κ3) is 20.5. The highest BCUT2D eigenvalue weighted by Crippen LogP contribution is 2.34. The number of furan rings is 1. The predicted molar refractivity (Wildman–Crippen MR) is 509 cm³/mol. The van der Waals surface area contributed by atoms with Gasteiger partial charge in [0.05, 0.1) is 73.3 Å². The zero-order valence-electron chi connectivity index (χ0n) is 71.6. The number of carbonyl (C=O) groups excluding carboxylic acids is 5. The van der Waals surface area contributed by atoms with E-state index in [1.54, 1.807) is 29.4 Å². The van der Waals surface area contributed by atoms with Crippen LogP contribution in [-0.2, 0) is 32.7 Å². The Morgan fingerprint density at radius 2 is 0.664 bits per heavy atom. The van der Waals surface area contributed by atoms with Crippen molar-refractivity contribution in [2.45, 2.75) is 88.1 Å². The molecule has 128 heavy (non-hydrogen) atoms. The highest BCUT2D eigenvalue weighted by atomic mass is 32.1. The second kappa shape index (κ2) is 39.3. The molecule has 25 heteroatoms. The van der Waals surface area contributed by atoms with Crippen molar-refractivity contribution in [2.75, 3.05) is 26.6 Å². The van der Waals surface area contributed by atoms with Crippen molar-refractivity contribution in [3.8, 4) is 0 Å². The summed E-state index contributed by atoms with van der Waals surface area (Å²) in [6, 6.07) is 84.5. The number of anilines is 5. The van der Waals surface area contributed by atoms with Gasteiger partial charge >= 0.3 is 0 Å². The van der Waals surface area contributed by atoms with Crippen LogP contribution in [0.25, 0.3) is 54.5 Å². The quantitative estimate of drug-likeness (QED) is 0.0475. The molecule has 0 bridgehead atoms. The number of amides is 5. The molecule has 0 aliphatic heterocycles. The fraction of sp³-hybridized carbons (Fsp3) is 0.126. The van der Waals surface area contributed by atoms with Gasteiger partial charge in [-0.2, -0.15) is 0 Å². The number of carbonyl (C=O) groups is 5. The first-order chi connectivity index (χ1) is 62.2. The Morgan fingerprint density at radius 1 is 0.336 bits per heavy atom. The molecular weight excluding hydrogens is 1640 g/mol. The summed E-state index contributed by atoms with van der Waals surface area (Å²) < 4.78 is 25.7. The molecule has 5 N–H and O–H groups in total. The molecule has 10 aromatic carbocycles. The smallest absolute Gasteiger partial charge is 0.291 e. The Balaban J connectivity index is 0.000000117. The first kappa shape index (κ1) is 85.7. The Morgan fingerprint density at radius 3 is 0.953 bits per heavy atom. The number of rotatable bonds is 20. The number of aromatic nitrogens is 10. The lowest BCUT2D eigenvalue weighted by Gasteiger charge is -2.05. The van der Waals surface area contributed by atoms with Gasteiger partial charge in [-0.1, -0.05) is 245 Å². The molecule has 0 aliphatic carbocycles. The lowest BCUT2D eigenvalue weighted by Crippen LogP contribution is -2.13. The first-order valence-electron chi connectivity index (χ1n) is 41.5. The molecule has 0 atom stereocenters. The molecular formula is C103H91N15O8S2. The molecule has 0 saturated carbocycles. The van der Waals surface area contributed by atoms with Crippen molar-refractivity contribution >= 4 is 135 Å². The second-order valence-electron chi connectivity index (χ2n) is 31.3. The fourth-order valence-corrected chi connectivity index (χ4v) is 16.1. The zero-order chi connectivity index (χ0) is 88.7. The predicted octanol–water partition coefficient (Wildman–Crippen LogP) is 23.1. The van der Waals surface area contributed by atoms with E-state index in [2.05, 4.69) is 260 Å². The first-order valence-corrected chi connectivity index (χ1v) is 43.3. The van der Waals surface area contributed by atoms with E-state index >= 15 is 0 Å². The van der Waals surface area contributed by atoms with Crippen LogP contribution in [-0.4, -0.2) is 77.6 Å². The average Bonchev–Trinajstić information content (AvgIpc) is 1.66. The van der Waals surface area contributed by atoms with Gasteiger partial charge in [-0.25, -0.2) is 19.6 Å². The lowest BCUT2D eigenvalue weighted by atomic mass is 10.1. The molecule has 5 amide bonds. The Hall–Kier alpha value is -15.9. The normalized spacial score (nSPS) is 11.0. The minimum absolute atomic E-state index is 0.148. The van der Waals surface area contributed by atoms with Crippen molar-refractivity contribution in [1.29, 1.82) is 0 Å². The largest absolute Gasteiger partial charge is 0.459 e. The van der Waals surface area contributed by atoms with E-state index in [-0.39, 0.29) is 35.2 Å². The molecule has 0 unspecified atom stereocenters. The van der Waals surface area contributed by atoms with E-state index in [4.69, 9.17) is 8.83 Å². The number of nitrogens with one attached hydrogen (secondary N) is 5. The Labute approximate surface area is 746 Å². The summed E-state index contributed by atoms with van der Waals surface area (Å²) in [5, 5.41) is 28.7. The minimum Gasteiger partial charge on any atom is -0.459 e. The molecule has 10 heterocycles. The fourth-order valence-electron chi connectivity index (χ4n) is 15.0. The van der Waals surface area contributed by atoms with Gasteiger partial charge in [0.25, 0.3) is 29.5 Å². The van der Waals surface area contributed by atoms with Gasteiger partial charge in [0.1, 0.15) is 23.3 Å². The van der Waals surface area contributed by atoms with Crippen molar-refractivity contribution < 1.29 is 37.4 Å². The van der Waals surface area contributed by atoms with Crippen molar-refractivity contribution in [3.05, 3.63) is 415 Å². The number of aryl methyl sites for hydroxylation is 8. The molecule has 0 saturated heterocycles. The van der Waals surface area contributed by atoms with Crippen LogP contribution in [0, 0.1) is 55.4 Å². The number of thiazole rings is 2. The maximum absolute atomic E-state index is 12.6. The lowest BCUT2D eigenvalue weighted by molar-refractivity contribution is 0.0991. The van der Waals surface area contributed by atoms with Crippen LogP contribution in [0.5, 0.6) is 0 Å². The molecule has 0 spiro atoms. The monoisotopic (exact) mass is 1730 g/mol. The molecule has 638 valence electrons. The topological polar surface area (TPSA) is 274 Å². The summed E-state index contributed by atoms with van der Waals surface area (Å²) >= 11 is 2.89. The van der Waals surface area contributed by atoms with E-state index in [9.17, 15) is 24.0 Å². The van der Waals surface area contributed by atoms with Gasteiger partial charge in [-0.3, -0.25) is 24.0 Å². The maximum Gasteiger partial charge on any atom is 0.291 e. The van der Waals surface area contributed by atoms with Gasteiger partial charge in [-0.05, 0) is 125 Å². The van der Waals surface area contributed by atoms with Gasteiger partial charge in [0.2, 0.25) is 0 Å². The molecule has 0 radical (unpaired) electrons. The summed E-state index contributed by atoms with van der Waals surface area (Å²) in [4.78, 5) is 75.4. The van der Waals surface area contributed by atoms with E-state index in [1.807, 2.05) is 142 Å². The Kier molecular flexibility index (Phi) is 26.3. The van der Waals surface area contributed by atoms with E-state index in [1.165, 1.54) is 97.2 Å². The van der Waals surface area contributed by atoms with Crippen LogP contribution >= 0.6 is 22.7 Å². The molecule has 20 aromatic rings. The summed E-state index contributed by atoms with van der Waals surface area (Å²) in [6.45, 7) is 19.6. The zero-order valence-corrected chi connectivity index (χ0v) is 73.2. The highest BCUT2D eigenvalue weighted by Gasteiger charge is 2.23. The van der Waals surface area contributed by atoms with Gasteiger partial charge < -0.3 is 58.3 Å². The maximum atomic E-state index is 12.6. The second-order valence-corrected chi connectivity index (χ2v) is 33.0. The van der Waals surface area contributed by atoms with Crippen LogP contribution in [0.2, 0.25) is 0 Å². The molecule has 0 fully saturated rings. The van der Waals surface area contributed by atoms with Crippen LogP contribution in [0.15, 0.2) is 328 Å². The van der Waals surface area contributed by atoms with Crippen LogP contribution in [0.4, 0.5) is 28.4 Å². The number of hydrogen-bond donors (Lipinski definition) is 5. The highest BCUT2D eigenvalue weighted by molar-refractivity contribution is 7.09. The number of para-hydroxylation sites is 5. The molecule has 20 rings (SSSR count). The SMILES string of the molecule is Cc1ccc(Cn2cc(NC(=O)c3cnon3)c3ccccc32)cc1.Cc1ccc(Cn2cc(NC(=O)c3cscn3)c3ccccc32)cc1.Cc1ccc(Cn2cc(NC(=O)c3ncoc3C)c3ccccc32)cc1.Cc1ccc(Cn2cc(NC(=O)c3ncsc3C)c3ccccc32)cc1.Cc1ccc(Cn2cc(NC(=O)c3occc3C)c3ccccc32)cc1. The number of nitrogens with zero attached hydrogens (tertiary/aromatic N) is 10. The van der Waals surface area contributed by atoms with Gasteiger partial charge in [-0.15, -0.1) is 22.7 Å². The minimum atomic E-state index is -0.348. The third-order valence-electron chi connectivity index (χ3n) is 21.8. The van der Waals surface area contributed by atoms with E-state index in [0.29, 0.717) is 28.6 Å². The summed E-state index contributed by atoms with van der Waals surface area (Å²) in [7, 11) is 0. The standard InChI is InChI=1S/C22H20N2O2.C21H19N3O2.C21H19N3OS.C20H17N3OS.C19H16N4O2/c1-15-7-9-17(10-8-15)13-24-14-19(18-5-3-4-6-20(18)24)23-22(25)21-16(2)11-12-26-21;2*1-14-7-9-16(10-8-14)11-24-12-18(17-5-3-4-6-19(17)24)23-21(25)20-15(2)26-13-22-20;1-14-6-8-15(9-7-14)10-23-11-17(16-4-2-3-5-19(16)23)22-20(24)18-12-25-13-21-18;1-13-6-8-14(9-7-13)11-23-12-17(15-4-2-3-5-18(15)23)21-19(24)16-10-20-25-22-16/h3-12,14H,13H2,1-2H3,(H,23,25);2*3-10,12-13H,11H2,1-2H3,(H,23,25);2-9,11-13H,10H2,1H3,(H,22,24);2-10,12H,11H2,1H3,(H,21,24). The number of oxazole rings is 1. The number of benzene rings is 10. The van der Waals surface area contributed by atoms with Crippen molar-refractivity contribution in [3.63, 3.8) is 0 Å². The van der Waals surface area contributed by atoms with Crippen molar-refractivity contribution in [2.24, 2.45) is 0 Å². The molecule has 0 aliphatic rings. The number of fused-ring (bicyclic) bond motifs is 5. The van der Waals surface area contributed by atoms with Crippen LogP contribution < -0.4 is 26.6 Å². The van der Waals surface area contributed by atoms with Gasteiger partial charge in [0.15, 0.2) is 23.5 Å². The van der Waals surface area contributed by atoms with Crippen LogP contribution in [0.3, 0.4) is 0 Å². The van der Waals surface area contributed by atoms with E-state index in [0.717, 1.165) is 126 Å². The average molecular weight is 1730 g/mol. The Bertz CT molecular complexity index is 6680. The molecule has 10 aromatic heterocycles. The van der Waals surface area contributed by atoms with Crippen molar-refractivity contribution in [1.82, 2.24) is 48.1 Å². The van der Waals surface area contributed by atoms with E-state index < -0.39 is 0 Å². The molecule has 23 nitrogen and oxygen atoms in total. The summed E-state index contributed by atoms with van der Waals surface area (Å²) in [5.41, 5.74) is 27.2. The summed E-state index contributed by atoms with van der Waals surface area (Å²) in [6.07, 6.45) is 14.0. The van der Waals surface area contributed by atoms with Crippen LogP contribution in [0.1, 0.15) is 124 Å². The van der Waals surface area contributed by atoms with Gasteiger partial charge in [0, 0.05) is 106 Å². The summed E-state index contributed by atoms with van der Waals surface area (Å²) in [5.74, 6) is -0.340. The third-order valence-corrected chi connectivity index (χ3v) is 23.1.